The lowest BCUT2D eigenvalue weighted by atomic mass is 10.3. The smallest absolute Gasteiger partial charge is 0.261 e. The zero-order chi connectivity index (χ0) is 19.3. The first kappa shape index (κ1) is 18.5. The van der Waals surface area contributed by atoms with Crippen LogP contribution in [0.3, 0.4) is 0 Å². The van der Waals surface area contributed by atoms with Gasteiger partial charge in [0.25, 0.3) is 5.91 Å². The summed E-state index contributed by atoms with van der Waals surface area (Å²) in [5, 5.41) is 0. The molecule has 8 heteroatoms. The molecule has 8 nitrogen and oxygen atoms in total. The summed E-state index contributed by atoms with van der Waals surface area (Å²) in [6.45, 7) is 6.50. The van der Waals surface area contributed by atoms with Crippen LogP contribution < -0.4 is 14.4 Å². The fraction of sp³-hybridized carbons (Fsp3) is 0.450. The third-order valence-corrected chi connectivity index (χ3v) is 4.79. The van der Waals surface area contributed by atoms with Gasteiger partial charge in [-0.1, -0.05) is 0 Å². The molecule has 0 saturated carbocycles. The molecule has 1 fully saturated rings. The monoisotopic (exact) mass is 384 g/mol. The normalized spacial score (nSPS) is 16.0. The van der Waals surface area contributed by atoms with E-state index < -0.39 is 0 Å². The van der Waals surface area contributed by atoms with E-state index in [9.17, 15) is 4.79 Å². The Balaban J connectivity index is 1.32. The summed E-state index contributed by atoms with van der Waals surface area (Å²) in [7, 11) is 0. The van der Waals surface area contributed by atoms with Crippen LogP contribution in [-0.2, 0) is 22.6 Å². The Bertz CT molecular complexity index is 821. The minimum atomic E-state index is -0.0696. The first-order chi connectivity index (χ1) is 13.7. The van der Waals surface area contributed by atoms with E-state index in [1.165, 1.54) is 0 Å². The predicted octanol–water partition coefficient (Wildman–Crippen LogP) is 1.63. The van der Waals surface area contributed by atoms with Gasteiger partial charge in [0.15, 0.2) is 6.61 Å². The molecule has 2 aliphatic heterocycles. The van der Waals surface area contributed by atoms with Crippen LogP contribution in [0.5, 0.6) is 11.5 Å². The Labute approximate surface area is 164 Å². The van der Waals surface area contributed by atoms with Crippen LogP contribution in [-0.4, -0.2) is 60.3 Å². The molecule has 28 heavy (non-hydrogen) atoms. The van der Waals surface area contributed by atoms with Crippen molar-refractivity contribution in [3.05, 3.63) is 41.7 Å². The Morgan fingerprint density at radius 2 is 1.82 bits per heavy atom. The molecule has 1 aromatic carbocycles. The van der Waals surface area contributed by atoms with E-state index in [-0.39, 0.29) is 12.5 Å². The molecule has 2 aliphatic rings. The van der Waals surface area contributed by atoms with Gasteiger partial charge >= 0.3 is 0 Å². The molecule has 0 N–H and O–H groups in total. The third-order valence-electron chi connectivity index (χ3n) is 4.79. The van der Waals surface area contributed by atoms with Crippen molar-refractivity contribution < 1.29 is 19.0 Å². The Morgan fingerprint density at radius 1 is 1.11 bits per heavy atom. The highest BCUT2D eigenvalue weighted by molar-refractivity contribution is 5.78. The maximum Gasteiger partial charge on any atom is 0.261 e. The minimum Gasteiger partial charge on any atom is -0.494 e. The molecule has 1 amide bonds. The molecule has 0 unspecified atom stereocenters. The number of fused-ring (bicyclic) bond motifs is 1. The first-order valence-electron chi connectivity index (χ1n) is 9.54. The Morgan fingerprint density at radius 3 is 2.54 bits per heavy atom. The number of carbonyl (C=O) groups is 1. The molecule has 1 aromatic heterocycles. The zero-order valence-corrected chi connectivity index (χ0v) is 16.0. The highest BCUT2D eigenvalue weighted by Crippen LogP contribution is 2.23. The van der Waals surface area contributed by atoms with E-state index in [1.54, 1.807) is 17.0 Å². The van der Waals surface area contributed by atoms with Crippen molar-refractivity contribution in [3.8, 4) is 11.5 Å². The van der Waals surface area contributed by atoms with Crippen molar-refractivity contribution in [1.29, 1.82) is 0 Å². The van der Waals surface area contributed by atoms with Gasteiger partial charge in [-0.05, 0) is 31.2 Å². The van der Waals surface area contributed by atoms with Crippen LogP contribution in [0.15, 0.2) is 30.5 Å². The quantitative estimate of drug-likeness (QED) is 0.749. The van der Waals surface area contributed by atoms with E-state index in [0.29, 0.717) is 44.6 Å². The molecule has 0 atom stereocenters. The summed E-state index contributed by atoms with van der Waals surface area (Å²) in [6, 6.07) is 7.27. The van der Waals surface area contributed by atoms with Gasteiger partial charge < -0.3 is 24.0 Å². The molecular weight excluding hydrogens is 360 g/mol. The lowest BCUT2D eigenvalue weighted by Crippen LogP contribution is -2.37. The standard InChI is InChI=1S/C20H24N4O4/c1-2-27-16-3-5-17(6-4-16)28-14-19(25)24-12-15-11-21-20(22-18(15)13-24)23-7-9-26-10-8-23/h3-6,11H,2,7-10,12-14H2,1H3. The molecule has 148 valence electrons. The molecule has 0 radical (unpaired) electrons. The van der Waals surface area contributed by atoms with Crippen LogP contribution in [0.2, 0.25) is 0 Å². The van der Waals surface area contributed by atoms with Crippen molar-refractivity contribution >= 4 is 11.9 Å². The van der Waals surface area contributed by atoms with Gasteiger partial charge in [0.2, 0.25) is 5.95 Å². The molecule has 0 bridgehead atoms. The fourth-order valence-electron chi connectivity index (χ4n) is 3.27. The second kappa shape index (κ2) is 8.43. The molecule has 0 aliphatic carbocycles. The van der Waals surface area contributed by atoms with E-state index >= 15 is 0 Å². The van der Waals surface area contributed by atoms with Crippen molar-refractivity contribution in [2.75, 3.05) is 44.4 Å². The van der Waals surface area contributed by atoms with E-state index in [1.807, 2.05) is 25.3 Å². The Kier molecular flexibility index (Phi) is 5.57. The van der Waals surface area contributed by atoms with Crippen LogP contribution in [0.1, 0.15) is 18.2 Å². The second-order valence-corrected chi connectivity index (χ2v) is 6.68. The van der Waals surface area contributed by atoms with Crippen molar-refractivity contribution in [1.82, 2.24) is 14.9 Å². The molecule has 3 heterocycles. The zero-order valence-electron chi connectivity index (χ0n) is 16.0. The summed E-state index contributed by atoms with van der Waals surface area (Å²) in [6.07, 6.45) is 1.83. The number of anilines is 1. The summed E-state index contributed by atoms with van der Waals surface area (Å²) in [4.78, 5) is 25.5. The molecule has 1 saturated heterocycles. The number of hydrogen-bond acceptors (Lipinski definition) is 7. The highest BCUT2D eigenvalue weighted by atomic mass is 16.5. The number of ether oxygens (including phenoxy) is 3. The maximum absolute atomic E-state index is 12.5. The van der Waals surface area contributed by atoms with Gasteiger partial charge in [-0.15, -0.1) is 0 Å². The summed E-state index contributed by atoms with van der Waals surface area (Å²) < 4.78 is 16.4. The average molecular weight is 384 g/mol. The van der Waals surface area contributed by atoms with Crippen LogP contribution in [0.4, 0.5) is 5.95 Å². The molecule has 2 aromatic rings. The van der Waals surface area contributed by atoms with Gasteiger partial charge in [-0.2, -0.15) is 0 Å². The van der Waals surface area contributed by atoms with Crippen molar-refractivity contribution in [2.24, 2.45) is 0 Å². The SMILES string of the molecule is CCOc1ccc(OCC(=O)N2Cc3cnc(N4CCOCC4)nc3C2)cc1. The van der Waals surface area contributed by atoms with Crippen LogP contribution in [0.25, 0.3) is 0 Å². The van der Waals surface area contributed by atoms with Gasteiger partial charge in [-0.3, -0.25) is 4.79 Å². The summed E-state index contributed by atoms with van der Waals surface area (Å²) >= 11 is 0. The van der Waals surface area contributed by atoms with Gasteiger partial charge in [0.05, 0.1) is 32.1 Å². The number of hydrogen-bond donors (Lipinski definition) is 0. The number of benzene rings is 1. The maximum atomic E-state index is 12.5. The van der Waals surface area contributed by atoms with E-state index in [4.69, 9.17) is 14.2 Å². The van der Waals surface area contributed by atoms with Crippen LogP contribution >= 0.6 is 0 Å². The van der Waals surface area contributed by atoms with Crippen molar-refractivity contribution in [2.45, 2.75) is 20.0 Å². The third kappa shape index (κ3) is 4.17. The minimum absolute atomic E-state index is 0.00821. The molecular formula is C20H24N4O4. The highest BCUT2D eigenvalue weighted by Gasteiger charge is 2.26. The first-order valence-corrected chi connectivity index (χ1v) is 9.54. The number of rotatable bonds is 6. The summed E-state index contributed by atoms with van der Waals surface area (Å²) in [5.41, 5.74) is 1.90. The number of carbonyl (C=O) groups excluding carboxylic acids is 1. The van der Waals surface area contributed by atoms with E-state index in [2.05, 4.69) is 14.9 Å². The van der Waals surface area contributed by atoms with Crippen LogP contribution in [0, 0.1) is 0 Å². The molecule has 0 spiro atoms. The molecule has 4 rings (SSSR count). The lowest BCUT2D eigenvalue weighted by Gasteiger charge is -2.26. The fourth-order valence-corrected chi connectivity index (χ4v) is 3.27. The van der Waals surface area contributed by atoms with Gasteiger partial charge in [-0.25, -0.2) is 9.97 Å². The van der Waals surface area contributed by atoms with Gasteiger partial charge in [0, 0.05) is 31.4 Å². The number of amides is 1. The Hall–Kier alpha value is -2.87. The summed E-state index contributed by atoms with van der Waals surface area (Å²) in [5.74, 6) is 2.07. The number of aromatic nitrogens is 2. The van der Waals surface area contributed by atoms with Crippen molar-refractivity contribution in [3.63, 3.8) is 0 Å². The van der Waals surface area contributed by atoms with Gasteiger partial charge in [0.1, 0.15) is 11.5 Å². The second-order valence-electron chi connectivity index (χ2n) is 6.68. The predicted molar refractivity (Wildman–Crippen MR) is 102 cm³/mol. The lowest BCUT2D eigenvalue weighted by molar-refractivity contribution is -0.134. The van der Waals surface area contributed by atoms with E-state index in [0.717, 1.165) is 30.1 Å². The topological polar surface area (TPSA) is 77.0 Å². The number of nitrogens with zero attached hydrogens (tertiary/aromatic N) is 4. The average Bonchev–Trinajstić information content (AvgIpc) is 3.17. The number of morpholine rings is 1. The largest absolute Gasteiger partial charge is 0.494 e.